The highest BCUT2D eigenvalue weighted by atomic mass is 14.9. The minimum absolute atomic E-state index is 1.27. The Morgan fingerprint density at radius 1 is 1.15 bits per heavy atom. The predicted octanol–water partition coefficient (Wildman–Crippen LogP) is 1.10. The first-order chi connectivity index (χ1) is 6.27. The van der Waals surface area contributed by atoms with Crippen LogP contribution >= 0.6 is 0 Å². The first-order valence-corrected chi connectivity index (χ1v) is 4.46. The molecule has 13 heavy (non-hydrogen) atoms. The lowest BCUT2D eigenvalue weighted by Crippen LogP contribution is -2.26. The molecule has 66 valence electrons. The summed E-state index contributed by atoms with van der Waals surface area (Å²) in [6, 6.07) is 2.13. The van der Waals surface area contributed by atoms with Crippen LogP contribution in [-0.4, -0.2) is 4.57 Å². The number of nitrogens with zero attached hydrogens (tertiary/aromatic N) is 1. The van der Waals surface area contributed by atoms with E-state index in [0.29, 0.717) is 0 Å². The molecule has 1 aromatic rings. The van der Waals surface area contributed by atoms with Crippen molar-refractivity contribution in [2.45, 2.75) is 6.92 Å². The summed E-state index contributed by atoms with van der Waals surface area (Å²) in [6.07, 6.45) is 12.7. The molecule has 0 bridgehead atoms. The maximum Gasteiger partial charge on any atom is 0.0477 e. The van der Waals surface area contributed by atoms with E-state index in [0.717, 1.165) is 0 Å². The molecule has 1 aromatic heterocycles. The summed E-state index contributed by atoms with van der Waals surface area (Å²) in [5.41, 5.74) is 1.28. The number of aryl methyl sites for hydroxylation is 1. The van der Waals surface area contributed by atoms with Gasteiger partial charge in [-0.1, -0.05) is 29.9 Å². The molecule has 0 unspecified atom stereocenters. The van der Waals surface area contributed by atoms with E-state index >= 15 is 0 Å². The number of hydrogen-bond donors (Lipinski definition) is 0. The van der Waals surface area contributed by atoms with Crippen molar-refractivity contribution in [2.24, 2.45) is 7.05 Å². The molecule has 1 aliphatic carbocycles. The van der Waals surface area contributed by atoms with Gasteiger partial charge in [0.15, 0.2) is 0 Å². The molecule has 0 fully saturated rings. The minimum Gasteiger partial charge on any atom is -0.351 e. The molecule has 1 heterocycles. The number of rotatable bonds is 0. The highest BCUT2D eigenvalue weighted by Crippen LogP contribution is 1.96. The average Bonchev–Trinajstić information content (AvgIpc) is 2.40. The lowest BCUT2D eigenvalue weighted by atomic mass is 10.2. The van der Waals surface area contributed by atoms with Crippen molar-refractivity contribution in [3.05, 3.63) is 46.6 Å². The van der Waals surface area contributed by atoms with E-state index in [9.17, 15) is 0 Å². The van der Waals surface area contributed by atoms with Gasteiger partial charge in [-0.2, -0.15) is 0 Å². The lowest BCUT2D eigenvalue weighted by Gasteiger charge is -1.93. The molecule has 0 atom stereocenters. The summed E-state index contributed by atoms with van der Waals surface area (Å²) in [4.78, 5) is 0. The second kappa shape index (κ2) is 3.09. The van der Waals surface area contributed by atoms with Gasteiger partial charge in [-0.25, -0.2) is 0 Å². The smallest absolute Gasteiger partial charge is 0.0477 e. The van der Waals surface area contributed by atoms with Gasteiger partial charge in [0.1, 0.15) is 0 Å². The standard InChI is InChI=1S/C12H13N/c1-10-4-3-5-11-8-9-13(2)12(11)7-6-10/h3-9H,1-2H3/b4-3-,5-3?,7-6?,10-4?,10-6+,11-5+,12-7+. The molecular formula is C12H13N. The molecule has 0 aromatic carbocycles. The number of fused-ring (bicyclic) bond motifs is 1. The van der Waals surface area contributed by atoms with E-state index in [-0.39, 0.29) is 0 Å². The van der Waals surface area contributed by atoms with Crippen molar-refractivity contribution >= 4 is 12.2 Å². The highest BCUT2D eigenvalue weighted by Gasteiger charge is 1.90. The molecule has 1 heteroatoms. The van der Waals surface area contributed by atoms with Crippen LogP contribution in [0.2, 0.25) is 0 Å². The van der Waals surface area contributed by atoms with Crippen LogP contribution in [0.4, 0.5) is 0 Å². The molecule has 0 amide bonds. The Bertz CT molecular complexity index is 484. The van der Waals surface area contributed by atoms with Crippen molar-refractivity contribution in [1.82, 2.24) is 4.57 Å². The van der Waals surface area contributed by atoms with Crippen LogP contribution < -0.4 is 10.6 Å². The van der Waals surface area contributed by atoms with Gasteiger partial charge in [0, 0.05) is 18.6 Å². The zero-order valence-corrected chi connectivity index (χ0v) is 7.99. The zero-order chi connectivity index (χ0) is 9.26. The Kier molecular flexibility index (Phi) is 1.93. The number of aromatic nitrogens is 1. The second-order valence-electron chi connectivity index (χ2n) is 3.37. The van der Waals surface area contributed by atoms with Crippen LogP contribution in [0, 0.1) is 0 Å². The van der Waals surface area contributed by atoms with Gasteiger partial charge < -0.3 is 4.57 Å². The molecular weight excluding hydrogens is 158 g/mol. The quantitative estimate of drug-likeness (QED) is 0.551. The van der Waals surface area contributed by atoms with Crippen LogP contribution in [0.3, 0.4) is 0 Å². The van der Waals surface area contributed by atoms with Gasteiger partial charge >= 0.3 is 0 Å². The van der Waals surface area contributed by atoms with E-state index < -0.39 is 0 Å². The van der Waals surface area contributed by atoms with Gasteiger partial charge in [-0.3, -0.25) is 0 Å². The van der Waals surface area contributed by atoms with Gasteiger partial charge in [0.25, 0.3) is 0 Å². The molecule has 0 spiro atoms. The molecule has 1 nitrogen and oxygen atoms in total. The molecule has 2 rings (SSSR count). The first-order valence-electron chi connectivity index (χ1n) is 4.46. The molecule has 1 aliphatic rings. The summed E-state index contributed by atoms with van der Waals surface area (Å²) in [7, 11) is 2.07. The highest BCUT2D eigenvalue weighted by molar-refractivity contribution is 5.49. The van der Waals surface area contributed by atoms with Gasteiger partial charge in [-0.15, -0.1) is 0 Å². The largest absolute Gasteiger partial charge is 0.351 e. The third kappa shape index (κ3) is 1.50. The van der Waals surface area contributed by atoms with Crippen LogP contribution in [0.5, 0.6) is 0 Å². The third-order valence-electron chi connectivity index (χ3n) is 2.29. The Labute approximate surface area is 78.0 Å². The molecule has 0 aliphatic heterocycles. The van der Waals surface area contributed by atoms with Gasteiger partial charge in [-0.05, 0) is 24.3 Å². The summed E-state index contributed by atoms with van der Waals surface area (Å²) < 4.78 is 2.13. The van der Waals surface area contributed by atoms with E-state index in [1.807, 2.05) is 0 Å². The summed E-state index contributed by atoms with van der Waals surface area (Å²) in [6.45, 7) is 2.11. The third-order valence-corrected chi connectivity index (χ3v) is 2.29. The van der Waals surface area contributed by atoms with Crippen molar-refractivity contribution in [1.29, 1.82) is 0 Å². The Hall–Kier alpha value is -1.50. The van der Waals surface area contributed by atoms with Crippen molar-refractivity contribution in [3.63, 3.8) is 0 Å². The van der Waals surface area contributed by atoms with E-state index in [2.05, 4.69) is 61.2 Å². The molecule has 0 radical (unpaired) electrons. The minimum atomic E-state index is 1.27. The van der Waals surface area contributed by atoms with Crippen molar-refractivity contribution < 1.29 is 0 Å². The normalized spacial score (nSPS) is 26.5. The topological polar surface area (TPSA) is 4.93 Å². The Morgan fingerprint density at radius 2 is 2.00 bits per heavy atom. The fraction of sp³-hybridized carbons (Fsp3) is 0.167. The summed E-state index contributed by atoms with van der Waals surface area (Å²) >= 11 is 0. The molecule has 0 saturated heterocycles. The lowest BCUT2D eigenvalue weighted by molar-refractivity contribution is 0.889. The predicted molar refractivity (Wildman–Crippen MR) is 56.5 cm³/mol. The monoisotopic (exact) mass is 171 g/mol. The number of hydrogen-bond acceptors (Lipinski definition) is 0. The fourth-order valence-electron chi connectivity index (χ4n) is 1.49. The maximum atomic E-state index is 2.16. The van der Waals surface area contributed by atoms with E-state index in [1.165, 1.54) is 16.1 Å². The maximum absolute atomic E-state index is 2.16. The van der Waals surface area contributed by atoms with E-state index in [4.69, 9.17) is 0 Å². The van der Waals surface area contributed by atoms with Crippen molar-refractivity contribution in [3.8, 4) is 0 Å². The Balaban J connectivity index is 2.79. The summed E-state index contributed by atoms with van der Waals surface area (Å²) in [5.74, 6) is 0. The van der Waals surface area contributed by atoms with Crippen LogP contribution in [0.25, 0.3) is 12.2 Å². The van der Waals surface area contributed by atoms with Crippen LogP contribution in [0.15, 0.2) is 36.1 Å². The molecule has 0 saturated carbocycles. The molecule has 0 N–H and O–H groups in total. The zero-order valence-electron chi connectivity index (χ0n) is 7.99. The second-order valence-corrected chi connectivity index (χ2v) is 3.37. The Morgan fingerprint density at radius 3 is 2.85 bits per heavy atom. The van der Waals surface area contributed by atoms with E-state index in [1.54, 1.807) is 0 Å². The fourth-order valence-corrected chi connectivity index (χ4v) is 1.49. The van der Waals surface area contributed by atoms with Crippen molar-refractivity contribution in [2.75, 3.05) is 0 Å². The van der Waals surface area contributed by atoms with Crippen LogP contribution in [0.1, 0.15) is 6.92 Å². The SMILES string of the molecule is CC1=C\C=c2/c(ccn2C)=C/C=C\1. The average molecular weight is 171 g/mol. The van der Waals surface area contributed by atoms with Gasteiger partial charge in [0.2, 0.25) is 0 Å². The number of allylic oxidation sites excluding steroid dienone is 4. The van der Waals surface area contributed by atoms with Crippen LogP contribution in [-0.2, 0) is 7.05 Å². The summed E-state index contributed by atoms with van der Waals surface area (Å²) in [5, 5.41) is 2.55. The van der Waals surface area contributed by atoms with Gasteiger partial charge in [0.05, 0.1) is 0 Å². The first kappa shape index (κ1) is 8.11.